The van der Waals surface area contributed by atoms with E-state index in [-0.39, 0.29) is 12.6 Å². The van der Waals surface area contributed by atoms with E-state index in [1.807, 2.05) is 12.1 Å². The lowest BCUT2D eigenvalue weighted by molar-refractivity contribution is 0.155. The quantitative estimate of drug-likeness (QED) is 0.629. The Labute approximate surface area is 209 Å². The van der Waals surface area contributed by atoms with Crippen LogP contribution in [0.2, 0.25) is 0 Å². The normalized spacial score (nSPS) is 26.6. The van der Waals surface area contributed by atoms with Gasteiger partial charge in [0.2, 0.25) is 0 Å². The zero-order chi connectivity index (χ0) is 25.2. The largest absolute Gasteiger partial charge is 0.496 e. The van der Waals surface area contributed by atoms with Crippen LogP contribution in [0.15, 0.2) is 42.5 Å². The topological polar surface area (TPSA) is 71.1 Å². The van der Waals surface area contributed by atoms with Crippen molar-refractivity contribution in [2.24, 2.45) is 0 Å². The van der Waals surface area contributed by atoms with Gasteiger partial charge < -0.3 is 14.8 Å². The van der Waals surface area contributed by atoms with Gasteiger partial charge in [0.1, 0.15) is 18.4 Å². The summed E-state index contributed by atoms with van der Waals surface area (Å²) in [7, 11) is 1.71. The van der Waals surface area contributed by atoms with Crippen LogP contribution in [-0.2, 0) is 4.74 Å². The van der Waals surface area contributed by atoms with Crippen molar-refractivity contribution in [2.75, 3.05) is 26.8 Å². The first-order chi connectivity index (χ1) is 17.4. The number of nitrogens with zero attached hydrogens (tertiary/aromatic N) is 2. The highest BCUT2D eigenvalue weighted by Crippen LogP contribution is 2.39. The predicted octanol–water partition coefficient (Wildman–Crippen LogP) is 4.98. The van der Waals surface area contributed by atoms with E-state index < -0.39 is 29.8 Å². The number of para-hydroxylation sites is 1. The van der Waals surface area contributed by atoms with Gasteiger partial charge in [0.15, 0.2) is 11.6 Å². The van der Waals surface area contributed by atoms with Crippen molar-refractivity contribution in [3.8, 4) is 5.75 Å². The molecule has 1 aliphatic carbocycles. The molecule has 3 aliphatic rings. The molecular weight excluding hydrogens is 468 g/mol. The molecule has 3 amide bonds. The number of methoxy groups -OCH3 is 1. The molecule has 2 atom stereocenters. The summed E-state index contributed by atoms with van der Waals surface area (Å²) >= 11 is 0. The fourth-order valence-electron chi connectivity index (χ4n) is 5.85. The van der Waals surface area contributed by atoms with Gasteiger partial charge >= 0.3 is 12.1 Å². The van der Waals surface area contributed by atoms with Crippen molar-refractivity contribution in [1.29, 1.82) is 0 Å². The molecule has 9 heteroatoms. The zero-order valence-corrected chi connectivity index (χ0v) is 20.3. The van der Waals surface area contributed by atoms with Gasteiger partial charge in [-0.25, -0.2) is 23.3 Å². The summed E-state index contributed by atoms with van der Waals surface area (Å²) in [5.41, 5.74) is 1.59. The number of ether oxygens (including phenoxy) is 2. The van der Waals surface area contributed by atoms with Crippen LogP contribution in [0.4, 0.5) is 18.4 Å². The van der Waals surface area contributed by atoms with Gasteiger partial charge in [-0.2, -0.15) is 0 Å². The second kappa shape index (κ2) is 10.4. The van der Waals surface area contributed by atoms with Crippen molar-refractivity contribution in [2.45, 2.75) is 56.1 Å². The summed E-state index contributed by atoms with van der Waals surface area (Å²) in [6, 6.07) is 10.6. The number of halogens is 2. The molecule has 2 heterocycles. The fourth-order valence-corrected chi connectivity index (χ4v) is 5.85. The van der Waals surface area contributed by atoms with Gasteiger partial charge in [-0.1, -0.05) is 24.3 Å². The third-order valence-corrected chi connectivity index (χ3v) is 7.76. The second-order valence-corrected chi connectivity index (χ2v) is 9.81. The first-order valence-corrected chi connectivity index (χ1v) is 12.5. The summed E-state index contributed by atoms with van der Waals surface area (Å²) < 4.78 is 37.7. The smallest absolute Gasteiger partial charge is 0.418 e. The molecule has 192 valence electrons. The Morgan fingerprint density at radius 1 is 1.06 bits per heavy atom. The highest BCUT2D eigenvalue weighted by atomic mass is 19.2. The van der Waals surface area contributed by atoms with Crippen LogP contribution in [-0.4, -0.2) is 60.8 Å². The Morgan fingerprint density at radius 2 is 1.83 bits per heavy atom. The van der Waals surface area contributed by atoms with E-state index in [0.717, 1.165) is 61.4 Å². The van der Waals surface area contributed by atoms with Gasteiger partial charge in [0, 0.05) is 25.2 Å². The monoisotopic (exact) mass is 499 g/mol. The number of rotatable bonds is 5. The average Bonchev–Trinajstić information content (AvgIpc) is 3.52. The van der Waals surface area contributed by atoms with Crippen molar-refractivity contribution >= 4 is 12.1 Å². The molecule has 2 aromatic rings. The van der Waals surface area contributed by atoms with Gasteiger partial charge in [-0.05, 0) is 67.3 Å². The fraction of sp³-hybridized carbons (Fsp3) is 0.481. The number of hydrogen-bond acceptors (Lipinski definition) is 5. The van der Waals surface area contributed by atoms with E-state index in [9.17, 15) is 18.4 Å². The Morgan fingerprint density at radius 3 is 2.58 bits per heavy atom. The Balaban J connectivity index is 1.16. The Bertz CT molecular complexity index is 1120. The van der Waals surface area contributed by atoms with E-state index in [1.165, 1.54) is 11.6 Å². The van der Waals surface area contributed by atoms with Gasteiger partial charge in [0.25, 0.3) is 0 Å². The number of amides is 3. The maximum Gasteiger partial charge on any atom is 0.418 e. The van der Waals surface area contributed by atoms with Gasteiger partial charge in [0.05, 0.1) is 7.11 Å². The van der Waals surface area contributed by atoms with Crippen LogP contribution in [0.3, 0.4) is 0 Å². The SMILES string of the molecule is COc1ccccc1[C@H]1CC[C@@H](N2CC[C@@H](NC(=O)N3C(=O)OC[C@@H]3c3ccc(F)c(F)c3)C2)CC1. The number of benzene rings is 2. The van der Waals surface area contributed by atoms with Crippen LogP contribution in [0.1, 0.15) is 55.2 Å². The molecule has 36 heavy (non-hydrogen) atoms. The number of carbonyl (C=O) groups is 2. The summed E-state index contributed by atoms with van der Waals surface area (Å²) in [5, 5.41) is 2.96. The maximum absolute atomic E-state index is 13.7. The molecule has 2 aromatic carbocycles. The third kappa shape index (κ3) is 4.89. The Kier molecular flexibility index (Phi) is 7.09. The van der Waals surface area contributed by atoms with E-state index in [1.54, 1.807) is 7.11 Å². The lowest BCUT2D eigenvalue weighted by atomic mass is 9.81. The van der Waals surface area contributed by atoms with Crippen LogP contribution >= 0.6 is 0 Å². The summed E-state index contributed by atoms with van der Waals surface area (Å²) in [6.07, 6.45) is 4.35. The predicted molar refractivity (Wildman–Crippen MR) is 129 cm³/mol. The molecule has 0 radical (unpaired) electrons. The second-order valence-electron chi connectivity index (χ2n) is 9.81. The van der Waals surface area contributed by atoms with Gasteiger partial charge in [-0.15, -0.1) is 0 Å². The van der Waals surface area contributed by atoms with Crippen LogP contribution in [0.25, 0.3) is 0 Å². The molecular formula is C27H31F2N3O4. The van der Waals surface area contributed by atoms with Crippen molar-refractivity contribution in [1.82, 2.24) is 15.1 Å². The van der Waals surface area contributed by atoms with Crippen molar-refractivity contribution in [3.63, 3.8) is 0 Å². The highest BCUT2D eigenvalue weighted by Gasteiger charge is 2.41. The third-order valence-electron chi connectivity index (χ3n) is 7.76. The molecule has 2 aliphatic heterocycles. The number of nitrogens with one attached hydrogen (secondary N) is 1. The molecule has 0 bridgehead atoms. The molecule has 0 unspecified atom stereocenters. The number of urea groups is 1. The molecule has 5 rings (SSSR count). The zero-order valence-electron chi connectivity index (χ0n) is 20.3. The number of carbonyl (C=O) groups excluding carboxylic acids is 2. The molecule has 0 spiro atoms. The highest BCUT2D eigenvalue weighted by molar-refractivity contribution is 5.92. The van der Waals surface area contributed by atoms with E-state index in [4.69, 9.17) is 9.47 Å². The number of cyclic esters (lactones) is 1. The standard InChI is InChI=1S/C27H31F2N3O4/c1-35-25-5-3-2-4-21(25)17-6-9-20(10-7-17)31-13-12-19(15-31)30-26(33)32-24(16-36-27(32)34)18-8-11-22(28)23(29)14-18/h2-5,8,11,14,17,19-20,24H,6-7,9-10,12-13,15-16H2,1H3,(H,30,33)/t17-,19-,20+,24-/m1/s1. The molecule has 1 saturated carbocycles. The molecule has 7 nitrogen and oxygen atoms in total. The maximum atomic E-state index is 13.7. The minimum Gasteiger partial charge on any atom is -0.496 e. The Hall–Kier alpha value is -3.20. The molecule has 0 aromatic heterocycles. The average molecular weight is 500 g/mol. The van der Waals surface area contributed by atoms with E-state index in [0.29, 0.717) is 24.1 Å². The lowest BCUT2D eigenvalue weighted by Gasteiger charge is -2.35. The first kappa shape index (κ1) is 24.5. The summed E-state index contributed by atoms with van der Waals surface area (Å²) in [4.78, 5) is 28.7. The van der Waals surface area contributed by atoms with Crippen LogP contribution < -0.4 is 10.1 Å². The molecule has 3 fully saturated rings. The van der Waals surface area contributed by atoms with Crippen LogP contribution in [0.5, 0.6) is 5.75 Å². The summed E-state index contributed by atoms with van der Waals surface area (Å²) in [6.45, 7) is 1.50. The minimum atomic E-state index is -1.03. The van der Waals surface area contributed by atoms with Gasteiger partial charge in [-0.3, -0.25) is 4.90 Å². The van der Waals surface area contributed by atoms with E-state index >= 15 is 0 Å². The van der Waals surface area contributed by atoms with Crippen molar-refractivity contribution in [3.05, 3.63) is 65.2 Å². The minimum absolute atomic E-state index is 0.0937. The first-order valence-electron chi connectivity index (χ1n) is 12.5. The van der Waals surface area contributed by atoms with E-state index in [2.05, 4.69) is 22.3 Å². The summed E-state index contributed by atoms with van der Waals surface area (Å²) in [5.74, 6) is -0.570. The lowest BCUT2D eigenvalue weighted by Crippen LogP contribution is -2.47. The number of likely N-dealkylation sites (tertiary alicyclic amines) is 1. The molecule has 2 saturated heterocycles. The van der Waals surface area contributed by atoms with Crippen LogP contribution in [0, 0.1) is 11.6 Å². The van der Waals surface area contributed by atoms with Crippen molar-refractivity contribution < 1.29 is 27.8 Å². The number of hydrogen-bond donors (Lipinski definition) is 1. The number of imide groups is 1. The molecule has 1 N–H and O–H groups in total.